The molecule has 2 aromatic heterocycles. The van der Waals surface area contributed by atoms with Crippen LogP contribution in [0.5, 0.6) is 0 Å². The summed E-state index contributed by atoms with van der Waals surface area (Å²) in [5.74, 6) is -0.578. The molecule has 0 bridgehead atoms. The first-order valence-corrected chi connectivity index (χ1v) is 11.9. The Hall–Kier alpha value is -2.29. The van der Waals surface area contributed by atoms with E-state index in [4.69, 9.17) is 15.6 Å². The van der Waals surface area contributed by atoms with Crippen LogP contribution in [0.2, 0.25) is 0 Å². The minimum Gasteiger partial charge on any atom is -0.478 e. The molecule has 2 fully saturated rings. The van der Waals surface area contributed by atoms with Crippen molar-refractivity contribution in [2.45, 2.75) is 52.0 Å². The van der Waals surface area contributed by atoms with E-state index in [-0.39, 0.29) is 5.56 Å². The van der Waals surface area contributed by atoms with E-state index in [1.54, 1.807) is 18.2 Å². The number of morpholine rings is 1. The van der Waals surface area contributed by atoms with Crippen molar-refractivity contribution in [3.05, 3.63) is 30.1 Å². The van der Waals surface area contributed by atoms with Gasteiger partial charge in [0.1, 0.15) is 17.0 Å². The number of carbonyl (C=O) groups is 1. The number of nitrogen functional groups attached to an aromatic ring is 1. The van der Waals surface area contributed by atoms with Gasteiger partial charge >= 0.3 is 5.97 Å². The average Bonchev–Trinajstić information content (AvgIpc) is 3.21. The summed E-state index contributed by atoms with van der Waals surface area (Å²) in [6.45, 7) is 8.25. The molecule has 1 aromatic carbocycles. The van der Waals surface area contributed by atoms with Crippen LogP contribution in [0, 0.1) is 0 Å². The quantitative estimate of drug-likeness (QED) is 0.585. The number of thiophene rings is 1. The van der Waals surface area contributed by atoms with Gasteiger partial charge in [-0.2, -0.15) is 0 Å². The van der Waals surface area contributed by atoms with E-state index in [9.17, 15) is 4.79 Å². The van der Waals surface area contributed by atoms with E-state index in [0.717, 1.165) is 39.6 Å². The SMILES string of the molecule is C1CCC(N2CCOCC2)CC1.CC.Nc1ncnc2sc3ccc(C(=O)O)cc3c12. The number of carboxylic acids is 1. The topological polar surface area (TPSA) is 102 Å². The number of benzene rings is 1. The number of carboxylic acid groups (broad SMARTS) is 1. The summed E-state index contributed by atoms with van der Waals surface area (Å²) in [7, 11) is 0. The molecule has 1 aliphatic carbocycles. The highest BCUT2D eigenvalue weighted by Gasteiger charge is 2.22. The molecule has 3 heterocycles. The number of anilines is 1. The molecule has 168 valence electrons. The Morgan fingerprint density at radius 1 is 1.16 bits per heavy atom. The molecule has 3 aromatic rings. The number of nitrogens with zero attached hydrogens (tertiary/aromatic N) is 3. The number of ether oxygens (including phenoxy) is 1. The van der Waals surface area contributed by atoms with Gasteiger partial charge in [-0.1, -0.05) is 33.1 Å². The van der Waals surface area contributed by atoms with E-state index < -0.39 is 5.97 Å². The molecule has 7 nitrogen and oxygen atoms in total. The van der Waals surface area contributed by atoms with Crippen LogP contribution >= 0.6 is 11.3 Å². The maximum absolute atomic E-state index is 10.9. The van der Waals surface area contributed by atoms with Gasteiger partial charge in [0.25, 0.3) is 0 Å². The molecule has 1 aliphatic heterocycles. The second kappa shape index (κ2) is 11.4. The van der Waals surface area contributed by atoms with Crippen molar-refractivity contribution in [2.24, 2.45) is 0 Å². The zero-order valence-electron chi connectivity index (χ0n) is 18.3. The van der Waals surface area contributed by atoms with Gasteiger partial charge in [-0.15, -0.1) is 11.3 Å². The molecule has 0 radical (unpaired) electrons. The van der Waals surface area contributed by atoms with E-state index in [2.05, 4.69) is 14.9 Å². The predicted octanol–water partition coefficient (Wildman–Crippen LogP) is 4.80. The maximum atomic E-state index is 10.9. The molecule has 2 aliphatic rings. The predicted molar refractivity (Wildman–Crippen MR) is 127 cm³/mol. The van der Waals surface area contributed by atoms with E-state index >= 15 is 0 Å². The van der Waals surface area contributed by atoms with Crippen LogP contribution in [0.25, 0.3) is 20.3 Å². The smallest absolute Gasteiger partial charge is 0.335 e. The van der Waals surface area contributed by atoms with Crippen LogP contribution in [-0.4, -0.2) is 58.3 Å². The Bertz CT molecular complexity index is 979. The first-order valence-electron chi connectivity index (χ1n) is 11.1. The summed E-state index contributed by atoms with van der Waals surface area (Å²) in [6.07, 6.45) is 8.62. The van der Waals surface area contributed by atoms with E-state index in [1.807, 2.05) is 13.8 Å². The molecular formula is C23H32N4O3S. The second-order valence-corrected chi connectivity index (χ2v) is 8.53. The van der Waals surface area contributed by atoms with Crippen LogP contribution in [0.3, 0.4) is 0 Å². The summed E-state index contributed by atoms with van der Waals surface area (Å²) in [4.78, 5) is 22.4. The van der Waals surface area contributed by atoms with Gasteiger partial charge < -0.3 is 15.6 Å². The zero-order chi connectivity index (χ0) is 22.2. The van der Waals surface area contributed by atoms with Crippen molar-refractivity contribution in [1.82, 2.24) is 14.9 Å². The Morgan fingerprint density at radius 2 is 1.87 bits per heavy atom. The van der Waals surface area contributed by atoms with Crippen molar-refractivity contribution in [1.29, 1.82) is 0 Å². The highest BCUT2D eigenvalue weighted by molar-refractivity contribution is 7.25. The first kappa shape index (κ1) is 23.4. The van der Waals surface area contributed by atoms with Gasteiger partial charge in [-0.25, -0.2) is 14.8 Å². The molecule has 0 amide bonds. The van der Waals surface area contributed by atoms with E-state index in [0.29, 0.717) is 5.82 Å². The number of nitrogens with two attached hydrogens (primary N) is 1. The van der Waals surface area contributed by atoms with Crippen LogP contribution in [0.4, 0.5) is 5.82 Å². The van der Waals surface area contributed by atoms with Crippen molar-refractivity contribution in [3.8, 4) is 0 Å². The lowest BCUT2D eigenvalue weighted by Crippen LogP contribution is -2.44. The second-order valence-electron chi connectivity index (χ2n) is 7.50. The third-order valence-corrected chi connectivity index (χ3v) is 6.76. The monoisotopic (exact) mass is 444 g/mol. The van der Waals surface area contributed by atoms with Gasteiger partial charge in [0.15, 0.2) is 0 Å². The normalized spacial score (nSPS) is 17.5. The molecule has 31 heavy (non-hydrogen) atoms. The molecular weight excluding hydrogens is 412 g/mol. The average molecular weight is 445 g/mol. The fourth-order valence-corrected chi connectivity index (χ4v) is 5.18. The number of rotatable bonds is 2. The van der Waals surface area contributed by atoms with Gasteiger partial charge in [-0.3, -0.25) is 4.90 Å². The molecule has 1 saturated carbocycles. The minimum atomic E-state index is -0.957. The highest BCUT2D eigenvalue weighted by atomic mass is 32.1. The lowest BCUT2D eigenvalue weighted by atomic mass is 9.94. The molecule has 3 N–H and O–H groups in total. The van der Waals surface area contributed by atoms with Crippen LogP contribution < -0.4 is 5.73 Å². The standard InChI is InChI=1S/C11H7N3O2S.C10H19NO.C2H6/c12-9-8-6-3-5(11(15)16)1-2-7(6)17-10(8)14-4-13-9;1-2-4-10(5-3-1)11-6-8-12-9-7-11;1-2/h1-4H,(H,15,16)(H2,12,13,14);10H,1-9H2;1-2H3. The van der Waals surface area contributed by atoms with Gasteiger partial charge in [0.2, 0.25) is 0 Å². The van der Waals surface area contributed by atoms with Crippen LogP contribution in [0.1, 0.15) is 56.3 Å². The van der Waals surface area contributed by atoms with Crippen molar-refractivity contribution in [2.75, 3.05) is 32.0 Å². The van der Waals surface area contributed by atoms with Crippen molar-refractivity contribution >= 4 is 43.4 Å². The fraction of sp³-hybridized carbons (Fsp3) is 0.522. The number of hydrogen-bond acceptors (Lipinski definition) is 7. The molecule has 1 saturated heterocycles. The highest BCUT2D eigenvalue weighted by Crippen LogP contribution is 2.35. The van der Waals surface area contributed by atoms with Gasteiger partial charge in [0, 0.05) is 29.2 Å². The lowest BCUT2D eigenvalue weighted by Gasteiger charge is -2.36. The minimum absolute atomic E-state index is 0.237. The third-order valence-electron chi connectivity index (χ3n) is 5.68. The third kappa shape index (κ3) is 5.70. The van der Waals surface area contributed by atoms with Crippen LogP contribution in [0.15, 0.2) is 24.5 Å². The van der Waals surface area contributed by atoms with Crippen molar-refractivity contribution < 1.29 is 14.6 Å². The van der Waals surface area contributed by atoms with Crippen LogP contribution in [-0.2, 0) is 4.74 Å². The molecule has 0 unspecified atom stereocenters. The lowest BCUT2D eigenvalue weighted by molar-refractivity contribution is 0.00858. The number of aromatic carboxylic acids is 1. The molecule has 0 spiro atoms. The fourth-order valence-electron chi connectivity index (χ4n) is 4.15. The summed E-state index contributed by atoms with van der Waals surface area (Å²) in [5.41, 5.74) is 6.04. The maximum Gasteiger partial charge on any atom is 0.335 e. The number of fused-ring (bicyclic) bond motifs is 3. The molecule has 8 heteroatoms. The summed E-state index contributed by atoms with van der Waals surface area (Å²) in [6, 6.07) is 5.84. The number of hydrogen-bond donors (Lipinski definition) is 2. The van der Waals surface area contributed by atoms with Gasteiger partial charge in [0.05, 0.1) is 24.2 Å². The first-order chi connectivity index (χ1) is 15.1. The van der Waals surface area contributed by atoms with Gasteiger partial charge in [-0.05, 0) is 31.0 Å². The molecule has 5 rings (SSSR count). The Balaban J connectivity index is 0.000000171. The number of aromatic nitrogens is 2. The summed E-state index contributed by atoms with van der Waals surface area (Å²) < 4.78 is 6.30. The summed E-state index contributed by atoms with van der Waals surface area (Å²) >= 11 is 1.47. The Labute approximate surface area is 187 Å². The zero-order valence-corrected chi connectivity index (χ0v) is 19.2. The Morgan fingerprint density at radius 3 is 2.55 bits per heavy atom. The molecule has 0 atom stereocenters. The largest absolute Gasteiger partial charge is 0.478 e. The summed E-state index contributed by atoms with van der Waals surface area (Å²) in [5, 5.41) is 10.5. The Kier molecular flexibility index (Phi) is 8.57. The van der Waals surface area contributed by atoms with Crippen molar-refractivity contribution in [3.63, 3.8) is 0 Å². The van der Waals surface area contributed by atoms with E-state index in [1.165, 1.54) is 62.9 Å².